The van der Waals surface area contributed by atoms with E-state index in [1.807, 2.05) is 35.7 Å². The van der Waals surface area contributed by atoms with Crippen molar-refractivity contribution in [1.82, 2.24) is 23.9 Å². The van der Waals surface area contributed by atoms with Gasteiger partial charge < -0.3 is 18.5 Å². The zero-order chi connectivity index (χ0) is 21.5. The van der Waals surface area contributed by atoms with Crippen LogP contribution in [0.1, 0.15) is 39.6 Å². The fourth-order valence-corrected chi connectivity index (χ4v) is 5.04. The van der Waals surface area contributed by atoms with Crippen molar-refractivity contribution >= 4 is 5.91 Å². The number of carbonyl (C=O) groups is 1. The summed E-state index contributed by atoms with van der Waals surface area (Å²) in [5, 5.41) is 0. The third-order valence-electron chi connectivity index (χ3n) is 6.48. The summed E-state index contributed by atoms with van der Waals surface area (Å²) in [5.41, 5.74) is 3.64. The SMILES string of the molecule is CN(Cc1ccoc1)Cc1ccc2n(c1=O)C[C@H]1C[C@@H]2CN(C(=O)c2cncn2C)C1. The molecule has 3 aromatic heterocycles. The minimum atomic E-state index is 0.0167. The number of rotatable bonds is 5. The fourth-order valence-electron chi connectivity index (χ4n) is 5.04. The van der Waals surface area contributed by atoms with Crippen LogP contribution in [0.4, 0.5) is 0 Å². The first-order chi connectivity index (χ1) is 15.0. The van der Waals surface area contributed by atoms with E-state index < -0.39 is 0 Å². The number of likely N-dealkylation sites (tertiary alicyclic amines) is 1. The predicted octanol–water partition coefficient (Wildman–Crippen LogP) is 2.07. The lowest BCUT2D eigenvalue weighted by molar-refractivity contribution is 0.0584. The van der Waals surface area contributed by atoms with Gasteiger partial charge in [-0.2, -0.15) is 0 Å². The van der Waals surface area contributed by atoms with E-state index in [9.17, 15) is 9.59 Å². The molecule has 2 aliphatic heterocycles. The normalized spacial score (nSPS) is 20.2. The molecule has 0 N–H and O–H groups in total. The second kappa shape index (κ2) is 7.85. The quantitative estimate of drug-likeness (QED) is 0.630. The standard InChI is InChI=1S/C23H27N5O3/c1-25(9-16-5-6-31-14-16)12-18-3-4-20-19-7-17(11-28(20)22(18)29)10-27(13-19)23(30)21-8-24-15-26(21)2/h3-6,8,14-15,17,19H,7,9-13H2,1-2H3/t17-,19+/m0/s1. The smallest absolute Gasteiger partial charge is 0.272 e. The van der Waals surface area contributed by atoms with Crippen LogP contribution >= 0.6 is 0 Å². The summed E-state index contributed by atoms with van der Waals surface area (Å²) in [7, 11) is 3.85. The summed E-state index contributed by atoms with van der Waals surface area (Å²) in [6, 6.07) is 5.99. The molecular formula is C23H27N5O3. The second-order valence-corrected chi connectivity index (χ2v) is 8.90. The summed E-state index contributed by atoms with van der Waals surface area (Å²) in [6.45, 7) is 3.30. The number of aryl methyl sites for hydroxylation is 1. The molecule has 3 aromatic rings. The lowest BCUT2D eigenvalue weighted by Gasteiger charge is -2.43. The number of amides is 1. The van der Waals surface area contributed by atoms with Crippen molar-refractivity contribution in [3.05, 3.63) is 76.1 Å². The number of hydrogen-bond acceptors (Lipinski definition) is 5. The highest BCUT2D eigenvalue weighted by Gasteiger charge is 2.37. The maximum atomic E-state index is 13.3. The van der Waals surface area contributed by atoms with Gasteiger partial charge in [0.15, 0.2) is 0 Å². The molecule has 5 rings (SSSR count). The molecule has 31 heavy (non-hydrogen) atoms. The van der Waals surface area contributed by atoms with Gasteiger partial charge in [-0.3, -0.25) is 14.5 Å². The van der Waals surface area contributed by atoms with E-state index in [2.05, 4.69) is 16.0 Å². The van der Waals surface area contributed by atoms with Crippen LogP contribution in [-0.4, -0.2) is 50.0 Å². The van der Waals surface area contributed by atoms with Gasteiger partial charge >= 0.3 is 0 Å². The number of pyridine rings is 1. The number of imidazole rings is 1. The number of aromatic nitrogens is 3. The van der Waals surface area contributed by atoms with Gasteiger partial charge in [-0.15, -0.1) is 0 Å². The van der Waals surface area contributed by atoms with Crippen molar-refractivity contribution in [3.63, 3.8) is 0 Å². The first kappa shape index (κ1) is 19.8. The Bertz CT molecular complexity index is 1150. The maximum Gasteiger partial charge on any atom is 0.272 e. The summed E-state index contributed by atoms with van der Waals surface area (Å²) in [5.74, 6) is 0.498. The molecule has 1 amide bonds. The van der Waals surface area contributed by atoms with Crippen LogP contribution in [0.5, 0.6) is 0 Å². The monoisotopic (exact) mass is 421 g/mol. The number of fused-ring (bicyclic) bond motifs is 4. The summed E-state index contributed by atoms with van der Waals surface area (Å²) < 4.78 is 8.85. The topological polar surface area (TPSA) is 76.5 Å². The fraction of sp³-hybridized carbons (Fsp3) is 0.435. The van der Waals surface area contributed by atoms with Gasteiger partial charge in [0.1, 0.15) is 5.69 Å². The number of carbonyl (C=O) groups excluding carboxylic acids is 1. The molecule has 0 unspecified atom stereocenters. The summed E-state index contributed by atoms with van der Waals surface area (Å²) >= 11 is 0. The van der Waals surface area contributed by atoms with Crippen LogP contribution in [0.25, 0.3) is 0 Å². The predicted molar refractivity (Wildman–Crippen MR) is 115 cm³/mol. The van der Waals surface area contributed by atoms with E-state index in [1.165, 1.54) is 0 Å². The van der Waals surface area contributed by atoms with Crippen LogP contribution in [0, 0.1) is 5.92 Å². The molecule has 1 saturated heterocycles. The van der Waals surface area contributed by atoms with Gasteiger partial charge in [-0.25, -0.2) is 4.98 Å². The molecule has 0 aliphatic carbocycles. The van der Waals surface area contributed by atoms with Crippen molar-refractivity contribution in [3.8, 4) is 0 Å². The molecule has 0 radical (unpaired) electrons. The molecule has 1 fully saturated rings. The number of nitrogens with zero attached hydrogens (tertiary/aromatic N) is 5. The second-order valence-electron chi connectivity index (χ2n) is 8.90. The van der Waals surface area contributed by atoms with Crippen LogP contribution in [0.3, 0.4) is 0 Å². The zero-order valence-corrected chi connectivity index (χ0v) is 17.9. The minimum absolute atomic E-state index is 0.0167. The molecule has 2 bridgehead atoms. The van der Waals surface area contributed by atoms with Crippen molar-refractivity contribution < 1.29 is 9.21 Å². The van der Waals surface area contributed by atoms with Gasteiger partial charge in [0.05, 0.1) is 25.1 Å². The Kier molecular flexibility index (Phi) is 5.02. The Morgan fingerprint density at radius 3 is 2.84 bits per heavy atom. The average Bonchev–Trinajstić information content (AvgIpc) is 3.41. The third-order valence-corrected chi connectivity index (χ3v) is 6.48. The van der Waals surface area contributed by atoms with Crippen molar-refractivity contribution in [1.29, 1.82) is 0 Å². The molecule has 8 heteroatoms. The molecule has 5 heterocycles. The van der Waals surface area contributed by atoms with E-state index in [0.29, 0.717) is 37.8 Å². The highest BCUT2D eigenvalue weighted by Crippen LogP contribution is 2.35. The third kappa shape index (κ3) is 3.72. The van der Waals surface area contributed by atoms with Gasteiger partial charge in [-0.05, 0) is 31.5 Å². The minimum Gasteiger partial charge on any atom is -0.472 e. The largest absolute Gasteiger partial charge is 0.472 e. The van der Waals surface area contributed by atoms with Crippen molar-refractivity contribution in [2.24, 2.45) is 13.0 Å². The van der Waals surface area contributed by atoms with Crippen LogP contribution in [-0.2, 0) is 26.7 Å². The number of furan rings is 1. The molecule has 162 valence electrons. The Morgan fingerprint density at radius 1 is 1.23 bits per heavy atom. The molecule has 2 atom stereocenters. The summed E-state index contributed by atoms with van der Waals surface area (Å²) in [6.07, 6.45) is 7.69. The highest BCUT2D eigenvalue weighted by molar-refractivity contribution is 5.92. The van der Waals surface area contributed by atoms with E-state index in [0.717, 1.165) is 29.8 Å². The molecular weight excluding hydrogens is 394 g/mol. The molecule has 0 aromatic carbocycles. The van der Waals surface area contributed by atoms with Gasteiger partial charge in [0.25, 0.3) is 11.5 Å². The Labute approximate surface area is 180 Å². The first-order valence-corrected chi connectivity index (χ1v) is 10.7. The van der Waals surface area contributed by atoms with Gasteiger partial charge in [-0.1, -0.05) is 6.07 Å². The maximum absolute atomic E-state index is 13.3. The van der Waals surface area contributed by atoms with Gasteiger partial charge in [0.2, 0.25) is 0 Å². The van der Waals surface area contributed by atoms with Crippen molar-refractivity contribution in [2.75, 3.05) is 20.1 Å². The van der Waals surface area contributed by atoms with Crippen LogP contribution in [0.15, 0.2) is 52.5 Å². The van der Waals surface area contributed by atoms with E-state index in [1.54, 1.807) is 29.6 Å². The van der Waals surface area contributed by atoms with Gasteiger partial charge in [0, 0.05) is 62.5 Å². The number of piperidine rings is 1. The molecule has 0 saturated carbocycles. The van der Waals surface area contributed by atoms with E-state index in [-0.39, 0.29) is 17.4 Å². The zero-order valence-electron chi connectivity index (χ0n) is 17.9. The molecule has 0 spiro atoms. The summed E-state index contributed by atoms with van der Waals surface area (Å²) in [4.78, 5) is 34.4. The van der Waals surface area contributed by atoms with Crippen LogP contribution < -0.4 is 5.56 Å². The Balaban J connectivity index is 1.35. The average molecular weight is 422 g/mol. The number of hydrogen-bond donors (Lipinski definition) is 0. The van der Waals surface area contributed by atoms with E-state index >= 15 is 0 Å². The molecule has 2 aliphatic rings. The lowest BCUT2D eigenvalue weighted by Crippen LogP contribution is -2.49. The van der Waals surface area contributed by atoms with Crippen molar-refractivity contribution in [2.45, 2.75) is 32.0 Å². The lowest BCUT2D eigenvalue weighted by atomic mass is 9.83. The Hall–Kier alpha value is -3.13. The highest BCUT2D eigenvalue weighted by atomic mass is 16.3. The van der Waals surface area contributed by atoms with E-state index in [4.69, 9.17) is 4.42 Å². The molecule has 8 nitrogen and oxygen atoms in total. The first-order valence-electron chi connectivity index (χ1n) is 10.7. The Morgan fingerprint density at radius 2 is 2.10 bits per heavy atom. The van der Waals surface area contributed by atoms with Crippen LogP contribution in [0.2, 0.25) is 0 Å².